The van der Waals surface area contributed by atoms with Gasteiger partial charge in [-0.15, -0.1) is 0 Å². The van der Waals surface area contributed by atoms with Crippen molar-refractivity contribution in [3.05, 3.63) is 62.2 Å². The highest BCUT2D eigenvalue weighted by Gasteiger charge is 2.46. The van der Waals surface area contributed by atoms with Crippen LogP contribution >= 0.6 is 0 Å². The van der Waals surface area contributed by atoms with Gasteiger partial charge in [-0.2, -0.15) is 0 Å². The van der Waals surface area contributed by atoms with Crippen molar-refractivity contribution in [1.82, 2.24) is 19.8 Å². The Morgan fingerprint density at radius 3 is 2.56 bits per heavy atom. The average Bonchev–Trinajstić information content (AvgIpc) is 3.34. The monoisotopic (exact) mass is 560 g/mol. The number of nitrogens with one attached hydrogen (secondary N) is 1. The number of halogens is 1. The van der Waals surface area contributed by atoms with Crippen molar-refractivity contribution in [2.45, 2.75) is 77.7 Å². The molecule has 2 aromatic heterocycles. The second-order valence-corrected chi connectivity index (χ2v) is 12.5. The minimum Gasteiger partial charge on any atom is -0.458 e. The van der Waals surface area contributed by atoms with Gasteiger partial charge in [-0.25, -0.2) is 14.2 Å². The lowest BCUT2D eigenvalue weighted by molar-refractivity contribution is -0.172. The Bertz CT molecular complexity index is 1650. The van der Waals surface area contributed by atoms with E-state index in [2.05, 4.69) is 17.1 Å². The lowest BCUT2D eigenvalue weighted by atomic mass is 9.71. The molecule has 0 saturated carbocycles. The molecule has 2 saturated heterocycles. The average molecular weight is 561 g/mol. The Hall–Kier alpha value is -3.14. The van der Waals surface area contributed by atoms with Gasteiger partial charge in [-0.05, 0) is 101 Å². The zero-order valence-corrected chi connectivity index (χ0v) is 24.0. The number of carbonyl (C=O) groups excluding carboxylic acids is 1. The van der Waals surface area contributed by atoms with Crippen LogP contribution in [-0.4, -0.2) is 51.7 Å². The van der Waals surface area contributed by atoms with Crippen LogP contribution in [-0.2, 0) is 28.3 Å². The molecule has 7 rings (SSSR count). The topological polar surface area (TPSA) is 96.7 Å². The predicted molar refractivity (Wildman–Crippen MR) is 153 cm³/mol. The van der Waals surface area contributed by atoms with Crippen LogP contribution in [0.25, 0.3) is 22.3 Å². The van der Waals surface area contributed by atoms with E-state index in [0.29, 0.717) is 40.0 Å². The van der Waals surface area contributed by atoms with Gasteiger partial charge in [0, 0.05) is 28.6 Å². The van der Waals surface area contributed by atoms with Crippen LogP contribution in [0.1, 0.15) is 79.8 Å². The molecule has 4 aliphatic heterocycles. The molecule has 41 heavy (non-hydrogen) atoms. The molecule has 2 N–H and O–H groups in total. The number of carbonyl (C=O) groups is 1. The quantitative estimate of drug-likeness (QED) is 0.365. The first-order valence-electron chi connectivity index (χ1n) is 14.9. The van der Waals surface area contributed by atoms with Gasteiger partial charge >= 0.3 is 5.97 Å². The number of cyclic esters (lactones) is 1. The van der Waals surface area contributed by atoms with Crippen molar-refractivity contribution < 1.29 is 19.0 Å². The third kappa shape index (κ3) is 3.92. The van der Waals surface area contributed by atoms with Crippen LogP contribution in [0.3, 0.4) is 0 Å². The fourth-order valence-corrected chi connectivity index (χ4v) is 7.74. The number of aryl methyl sites for hydroxylation is 1. The Morgan fingerprint density at radius 2 is 1.85 bits per heavy atom. The molecule has 4 aliphatic rings. The van der Waals surface area contributed by atoms with E-state index in [0.717, 1.165) is 55.5 Å². The molecule has 6 heterocycles. The summed E-state index contributed by atoms with van der Waals surface area (Å²) in [5.41, 5.74) is 3.13. The normalized spacial score (nSPS) is 24.2. The first-order chi connectivity index (χ1) is 19.7. The van der Waals surface area contributed by atoms with Gasteiger partial charge in [0.05, 0.1) is 29.0 Å². The second kappa shape index (κ2) is 9.44. The van der Waals surface area contributed by atoms with Crippen LogP contribution in [0, 0.1) is 18.2 Å². The summed E-state index contributed by atoms with van der Waals surface area (Å²) < 4.78 is 21.8. The van der Waals surface area contributed by atoms with E-state index in [9.17, 15) is 19.1 Å². The molecule has 0 radical (unpaired) electrons. The Balaban J connectivity index is 1.37. The third-order valence-corrected chi connectivity index (χ3v) is 10.5. The molecule has 216 valence electrons. The van der Waals surface area contributed by atoms with Crippen LogP contribution in [0.2, 0.25) is 0 Å². The minimum absolute atomic E-state index is 0.0373. The Kier molecular flexibility index (Phi) is 6.16. The summed E-state index contributed by atoms with van der Waals surface area (Å²) in [5, 5.41) is 15.7. The molecule has 1 spiro atoms. The van der Waals surface area contributed by atoms with E-state index in [1.807, 2.05) is 6.07 Å². The summed E-state index contributed by atoms with van der Waals surface area (Å²) in [6.07, 6.45) is 4.85. The van der Waals surface area contributed by atoms with Gasteiger partial charge < -0.3 is 19.7 Å². The fourth-order valence-electron chi connectivity index (χ4n) is 7.74. The highest BCUT2D eigenvalue weighted by atomic mass is 19.1. The summed E-state index contributed by atoms with van der Waals surface area (Å²) >= 11 is 0. The molecule has 2 fully saturated rings. The van der Waals surface area contributed by atoms with E-state index in [1.54, 1.807) is 24.5 Å². The van der Waals surface area contributed by atoms with E-state index in [4.69, 9.17) is 9.72 Å². The number of rotatable bonds is 3. The zero-order chi connectivity index (χ0) is 28.7. The predicted octanol–water partition coefficient (Wildman–Crippen LogP) is 4.05. The number of pyridine rings is 2. The van der Waals surface area contributed by atoms with E-state index >= 15 is 0 Å². The SMILES string of the molecule is CC[C@@]1(O)C(=O)OCc2c1cc1n(c2=O)Cc2c-1nc1cc(F)c(C)cc1c2[C@@H](C)N1CCC2(CCNCC2)CC1. The number of hydrogen-bond acceptors (Lipinski definition) is 7. The molecular weight excluding hydrogens is 523 g/mol. The number of likely N-dealkylation sites (tertiary alicyclic amines) is 1. The van der Waals surface area contributed by atoms with Gasteiger partial charge in [-0.1, -0.05) is 6.92 Å². The van der Waals surface area contributed by atoms with E-state index in [-0.39, 0.29) is 36.0 Å². The number of hydrogen-bond donors (Lipinski definition) is 2. The highest BCUT2D eigenvalue weighted by Crippen LogP contribution is 2.45. The molecule has 1 aromatic carbocycles. The van der Waals surface area contributed by atoms with Crippen molar-refractivity contribution in [3.8, 4) is 11.4 Å². The number of nitrogens with zero attached hydrogens (tertiary/aromatic N) is 3. The number of piperidine rings is 2. The summed E-state index contributed by atoms with van der Waals surface area (Å²) in [7, 11) is 0. The maximum absolute atomic E-state index is 14.9. The van der Waals surface area contributed by atoms with Crippen molar-refractivity contribution in [3.63, 3.8) is 0 Å². The van der Waals surface area contributed by atoms with E-state index in [1.165, 1.54) is 18.9 Å². The third-order valence-electron chi connectivity index (χ3n) is 10.5. The summed E-state index contributed by atoms with van der Waals surface area (Å²) in [6, 6.07) is 5.14. The van der Waals surface area contributed by atoms with Crippen molar-refractivity contribution in [1.29, 1.82) is 0 Å². The standard InChI is InChI=1S/C32H37FN4O4/c1-4-32(40)23-14-26-28-21(16-37(26)29(38)22(23)17-41-30(32)39)27(20-13-18(2)24(33)15-25(20)35-28)19(3)36-11-7-31(8-12-36)5-9-34-10-6-31/h13-15,19,34,40H,4-12,16-17H2,1-3H3/t19-,32+/m1/s1. The summed E-state index contributed by atoms with van der Waals surface area (Å²) in [4.78, 5) is 33.8. The summed E-state index contributed by atoms with van der Waals surface area (Å²) in [5.74, 6) is -1.07. The van der Waals surface area contributed by atoms with Gasteiger partial charge in [0.2, 0.25) is 0 Å². The Morgan fingerprint density at radius 1 is 1.12 bits per heavy atom. The van der Waals surface area contributed by atoms with Gasteiger partial charge in [0.25, 0.3) is 5.56 Å². The smallest absolute Gasteiger partial charge is 0.343 e. The number of aliphatic hydroxyl groups is 1. The minimum atomic E-state index is -1.89. The van der Waals surface area contributed by atoms with Crippen molar-refractivity contribution >= 4 is 16.9 Å². The van der Waals surface area contributed by atoms with Crippen LogP contribution in [0.5, 0.6) is 0 Å². The molecule has 3 aromatic rings. The van der Waals surface area contributed by atoms with Crippen LogP contribution in [0.15, 0.2) is 23.0 Å². The van der Waals surface area contributed by atoms with Crippen LogP contribution in [0.4, 0.5) is 4.39 Å². The largest absolute Gasteiger partial charge is 0.458 e. The first-order valence-corrected chi connectivity index (χ1v) is 14.9. The molecule has 0 unspecified atom stereocenters. The maximum atomic E-state index is 14.9. The van der Waals surface area contributed by atoms with E-state index < -0.39 is 11.6 Å². The highest BCUT2D eigenvalue weighted by molar-refractivity contribution is 5.90. The Labute approximate surface area is 238 Å². The number of fused-ring (bicyclic) bond motifs is 5. The number of benzene rings is 1. The number of aromatic nitrogens is 2. The second-order valence-electron chi connectivity index (χ2n) is 12.5. The van der Waals surface area contributed by atoms with Gasteiger partial charge in [0.1, 0.15) is 12.4 Å². The van der Waals surface area contributed by atoms with Crippen LogP contribution < -0.4 is 10.9 Å². The van der Waals surface area contributed by atoms with Gasteiger partial charge in [-0.3, -0.25) is 9.69 Å². The molecular formula is C32H37FN4O4. The number of esters is 1. The first kappa shape index (κ1) is 26.7. The zero-order valence-electron chi connectivity index (χ0n) is 24.0. The molecule has 0 bridgehead atoms. The van der Waals surface area contributed by atoms with Crippen molar-refractivity contribution in [2.75, 3.05) is 26.2 Å². The molecule has 0 aliphatic carbocycles. The molecule has 0 amide bonds. The molecule has 9 heteroatoms. The lowest BCUT2D eigenvalue weighted by Gasteiger charge is -2.46. The fraction of sp³-hybridized carbons (Fsp3) is 0.531. The summed E-state index contributed by atoms with van der Waals surface area (Å²) in [6.45, 7) is 10.00. The van der Waals surface area contributed by atoms with Gasteiger partial charge in [0.15, 0.2) is 5.60 Å². The molecule has 8 nitrogen and oxygen atoms in total. The lowest BCUT2D eigenvalue weighted by Crippen LogP contribution is -2.46. The number of ether oxygens (including phenoxy) is 1. The molecule has 2 atom stereocenters. The van der Waals surface area contributed by atoms with Crippen molar-refractivity contribution in [2.24, 2.45) is 5.41 Å². The maximum Gasteiger partial charge on any atom is 0.343 e.